The number of hydrazone groups is 1. The summed E-state index contributed by atoms with van der Waals surface area (Å²) in [6, 6.07) is 17.4. The van der Waals surface area contributed by atoms with Gasteiger partial charge in [0.15, 0.2) is 0 Å². The molecule has 114 valence electrons. The first-order valence-electron chi connectivity index (χ1n) is 7.40. The number of nitrogens with zero attached hydrogens (tertiary/aromatic N) is 2. The van der Waals surface area contributed by atoms with Gasteiger partial charge in [0, 0.05) is 5.39 Å². The number of carbonyl (C=O) groups is 1. The molecule has 1 N–H and O–H groups in total. The van der Waals surface area contributed by atoms with E-state index in [0.717, 1.165) is 22.0 Å². The van der Waals surface area contributed by atoms with Crippen LogP contribution < -0.4 is 5.43 Å². The number of amides is 1. The maximum atomic E-state index is 12.3. The molecule has 3 rings (SSSR count). The summed E-state index contributed by atoms with van der Waals surface area (Å²) in [7, 11) is 0. The Balaban J connectivity index is 1.83. The normalized spacial score (nSPS) is 11.0. The summed E-state index contributed by atoms with van der Waals surface area (Å²) in [4.78, 5) is 16.9. The van der Waals surface area contributed by atoms with Crippen LogP contribution in [0.1, 0.15) is 27.2 Å². The van der Waals surface area contributed by atoms with Crippen molar-refractivity contribution in [3.05, 3.63) is 77.0 Å². The smallest absolute Gasteiger partial charge is 0.267 e. The fraction of sp³-hybridized carbons (Fsp3) is 0.105. The number of hydrogen-bond donors (Lipinski definition) is 1. The molecule has 0 radical (unpaired) electrons. The van der Waals surface area contributed by atoms with E-state index in [1.165, 1.54) is 0 Å². The van der Waals surface area contributed by atoms with Crippen LogP contribution in [0.3, 0.4) is 0 Å². The van der Waals surface area contributed by atoms with Gasteiger partial charge >= 0.3 is 0 Å². The maximum Gasteiger partial charge on any atom is 0.273 e. The Hall–Kier alpha value is -3.01. The molecule has 0 spiro atoms. The highest BCUT2D eigenvalue weighted by Crippen LogP contribution is 2.19. The highest BCUT2D eigenvalue weighted by atomic mass is 16.2. The molecule has 0 bridgehead atoms. The zero-order chi connectivity index (χ0) is 16.2. The van der Waals surface area contributed by atoms with Crippen LogP contribution in [0.5, 0.6) is 0 Å². The number of aryl methyl sites for hydroxylation is 2. The van der Waals surface area contributed by atoms with Crippen molar-refractivity contribution in [3.8, 4) is 0 Å². The fourth-order valence-electron chi connectivity index (χ4n) is 2.43. The van der Waals surface area contributed by atoms with E-state index in [4.69, 9.17) is 0 Å². The number of aromatic nitrogens is 1. The molecule has 0 unspecified atom stereocenters. The second kappa shape index (κ2) is 6.40. The third-order valence-corrected chi connectivity index (χ3v) is 3.66. The van der Waals surface area contributed by atoms with Crippen LogP contribution in [0.25, 0.3) is 10.9 Å². The van der Waals surface area contributed by atoms with Gasteiger partial charge in [0.2, 0.25) is 0 Å². The summed E-state index contributed by atoms with van der Waals surface area (Å²) in [6.45, 7) is 3.85. The van der Waals surface area contributed by atoms with Gasteiger partial charge in [-0.3, -0.25) is 9.78 Å². The second-order valence-corrected chi connectivity index (χ2v) is 5.38. The van der Waals surface area contributed by atoms with Crippen molar-refractivity contribution in [1.82, 2.24) is 10.4 Å². The number of nitrogens with one attached hydrogen (secondary N) is 1. The lowest BCUT2D eigenvalue weighted by atomic mass is 10.1. The molecule has 1 amide bonds. The van der Waals surface area contributed by atoms with E-state index in [0.29, 0.717) is 11.3 Å². The molecule has 0 aliphatic rings. The quantitative estimate of drug-likeness (QED) is 0.593. The van der Waals surface area contributed by atoms with Crippen LogP contribution in [0.2, 0.25) is 0 Å². The number of carbonyl (C=O) groups excluding carboxylic acids is 1. The Labute approximate surface area is 134 Å². The lowest BCUT2D eigenvalue weighted by Crippen LogP contribution is -2.19. The molecule has 0 fully saturated rings. The van der Waals surface area contributed by atoms with Crippen LogP contribution in [-0.2, 0) is 0 Å². The third-order valence-electron chi connectivity index (χ3n) is 3.66. The number of pyridine rings is 1. The standard InChI is InChI=1S/C19H17N3O/c1-13-7-6-10-16-11-17(14(2)21-18(13)16)19(23)22-20-12-15-8-4-3-5-9-15/h3-12H,1-2H3,(H,22,23)/b20-12-. The van der Waals surface area contributed by atoms with E-state index < -0.39 is 0 Å². The second-order valence-electron chi connectivity index (χ2n) is 5.38. The molecule has 1 heterocycles. The Morgan fingerprint density at radius 2 is 1.87 bits per heavy atom. The van der Waals surface area contributed by atoms with Crippen molar-refractivity contribution in [3.63, 3.8) is 0 Å². The Morgan fingerprint density at radius 3 is 2.65 bits per heavy atom. The Kier molecular flexibility index (Phi) is 4.15. The summed E-state index contributed by atoms with van der Waals surface area (Å²) in [6.07, 6.45) is 1.62. The number of hydrogen-bond acceptors (Lipinski definition) is 3. The van der Waals surface area contributed by atoms with Crippen LogP contribution in [-0.4, -0.2) is 17.1 Å². The molecule has 0 saturated heterocycles. The number of fused-ring (bicyclic) bond motifs is 1. The first-order valence-corrected chi connectivity index (χ1v) is 7.40. The molecule has 0 aliphatic carbocycles. The van der Waals surface area contributed by atoms with E-state index in [-0.39, 0.29) is 5.91 Å². The van der Waals surface area contributed by atoms with Crippen molar-refractivity contribution in [2.24, 2.45) is 5.10 Å². The molecule has 0 aliphatic heterocycles. The van der Waals surface area contributed by atoms with Gasteiger partial charge in [-0.2, -0.15) is 5.10 Å². The highest BCUT2D eigenvalue weighted by molar-refractivity contribution is 5.99. The first kappa shape index (κ1) is 14.9. The van der Waals surface area contributed by atoms with Gasteiger partial charge in [0.25, 0.3) is 5.91 Å². The summed E-state index contributed by atoms with van der Waals surface area (Å²) < 4.78 is 0. The molecule has 3 aromatic rings. The van der Waals surface area contributed by atoms with Gasteiger partial charge in [-0.05, 0) is 31.0 Å². The predicted octanol–water partition coefficient (Wildman–Crippen LogP) is 3.62. The SMILES string of the molecule is Cc1nc2c(C)cccc2cc1C(=O)N/N=C\c1ccccc1. The zero-order valence-corrected chi connectivity index (χ0v) is 13.1. The van der Waals surface area contributed by atoms with Gasteiger partial charge in [0.1, 0.15) is 0 Å². The monoisotopic (exact) mass is 303 g/mol. The van der Waals surface area contributed by atoms with E-state index in [1.54, 1.807) is 6.21 Å². The molecule has 23 heavy (non-hydrogen) atoms. The number of rotatable bonds is 3. The van der Waals surface area contributed by atoms with Crippen LogP contribution in [0.15, 0.2) is 59.7 Å². The summed E-state index contributed by atoms with van der Waals surface area (Å²) in [5.74, 6) is -0.259. The van der Waals surface area contributed by atoms with E-state index in [9.17, 15) is 4.79 Å². The van der Waals surface area contributed by atoms with Crippen LogP contribution in [0.4, 0.5) is 0 Å². The molecule has 1 aromatic heterocycles. The fourth-order valence-corrected chi connectivity index (χ4v) is 2.43. The maximum absolute atomic E-state index is 12.3. The minimum Gasteiger partial charge on any atom is -0.267 e. The minimum atomic E-state index is -0.259. The average Bonchev–Trinajstić information content (AvgIpc) is 2.56. The molecule has 2 aromatic carbocycles. The molecule has 4 heteroatoms. The molecular formula is C19H17N3O. The summed E-state index contributed by atoms with van der Waals surface area (Å²) in [5.41, 5.74) is 6.74. The largest absolute Gasteiger partial charge is 0.273 e. The molecule has 4 nitrogen and oxygen atoms in total. The van der Waals surface area contributed by atoms with Crippen LogP contribution in [0, 0.1) is 13.8 Å². The highest BCUT2D eigenvalue weighted by Gasteiger charge is 2.11. The van der Waals surface area contributed by atoms with Crippen molar-refractivity contribution in [1.29, 1.82) is 0 Å². The minimum absolute atomic E-state index is 0.259. The topological polar surface area (TPSA) is 54.4 Å². The summed E-state index contributed by atoms with van der Waals surface area (Å²) in [5, 5.41) is 4.96. The zero-order valence-electron chi connectivity index (χ0n) is 13.1. The molecular weight excluding hydrogens is 286 g/mol. The van der Waals surface area contributed by atoms with E-state index in [1.807, 2.05) is 68.4 Å². The van der Waals surface area contributed by atoms with E-state index in [2.05, 4.69) is 15.5 Å². The summed E-state index contributed by atoms with van der Waals surface area (Å²) >= 11 is 0. The Morgan fingerprint density at radius 1 is 1.09 bits per heavy atom. The van der Waals surface area contributed by atoms with Gasteiger partial charge in [-0.25, -0.2) is 5.43 Å². The van der Waals surface area contributed by atoms with Gasteiger partial charge < -0.3 is 0 Å². The molecule has 0 atom stereocenters. The van der Waals surface area contributed by atoms with Gasteiger partial charge in [-0.1, -0.05) is 48.5 Å². The lowest BCUT2D eigenvalue weighted by molar-refractivity contribution is 0.0954. The third kappa shape index (κ3) is 3.26. The lowest BCUT2D eigenvalue weighted by Gasteiger charge is -2.07. The van der Waals surface area contributed by atoms with Crippen LogP contribution >= 0.6 is 0 Å². The number of para-hydroxylation sites is 1. The predicted molar refractivity (Wildman–Crippen MR) is 92.7 cm³/mol. The van der Waals surface area contributed by atoms with Crippen molar-refractivity contribution < 1.29 is 4.79 Å². The van der Waals surface area contributed by atoms with Crippen molar-refractivity contribution in [2.45, 2.75) is 13.8 Å². The van der Waals surface area contributed by atoms with E-state index >= 15 is 0 Å². The molecule has 0 saturated carbocycles. The van der Waals surface area contributed by atoms with Crippen molar-refractivity contribution >= 4 is 23.0 Å². The van der Waals surface area contributed by atoms with Crippen molar-refractivity contribution in [2.75, 3.05) is 0 Å². The first-order chi connectivity index (χ1) is 11.1. The van der Waals surface area contributed by atoms with Gasteiger partial charge in [-0.15, -0.1) is 0 Å². The van der Waals surface area contributed by atoms with Gasteiger partial charge in [0.05, 0.1) is 23.0 Å². The Bertz CT molecular complexity index is 886. The average molecular weight is 303 g/mol. The number of benzene rings is 2.